The number of nitrogens with one attached hydrogen (secondary N) is 1. The van der Waals surface area contributed by atoms with Crippen LogP contribution in [0.3, 0.4) is 0 Å². The molecule has 0 radical (unpaired) electrons. The van der Waals surface area contributed by atoms with Crippen LogP contribution in [-0.2, 0) is 4.79 Å². The maximum absolute atomic E-state index is 13.2. The molecule has 6 heteroatoms. The Morgan fingerprint density at radius 2 is 1.78 bits per heavy atom. The van der Waals surface area contributed by atoms with Gasteiger partial charge in [-0.3, -0.25) is 4.79 Å². The van der Waals surface area contributed by atoms with Crippen LogP contribution >= 0.6 is 0 Å². The van der Waals surface area contributed by atoms with Crippen LogP contribution in [0.15, 0.2) is 48.5 Å². The predicted octanol–water partition coefficient (Wildman–Crippen LogP) is 3.71. The van der Waals surface area contributed by atoms with Crippen molar-refractivity contribution < 1.29 is 23.5 Å². The van der Waals surface area contributed by atoms with Crippen molar-refractivity contribution in [2.24, 2.45) is 0 Å². The van der Waals surface area contributed by atoms with E-state index in [2.05, 4.69) is 5.32 Å². The maximum atomic E-state index is 13.2. The lowest BCUT2D eigenvalue weighted by Gasteiger charge is -2.07. The molecule has 118 valence electrons. The molecule has 0 atom stereocenters. The number of rotatable bonds is 4. The third-order valence-electron chi connectivity index (χ3n) is 3.14. The molecular formula is C17H13F2NO3. The second-order valence-electron chi connectivity index (χ2n) is 4.80. The highest BCUT2D eigenvalue weighted by molar-refractivity contribution is 6.07. The number of carbonyl (C=O) groups is 2. The number of allylic oxidation sites excluding steroid dienone is 1. The second kappa shape index (κ2) is 6.83. The van der Waals surface area contributed by atoms with Gasteiger partial charge in [0.1, 0.15) is 0 Å². The monoisotopic (exact) mass is 317 g/mol. The molecule has 2 aromatic carbocycles. The molecule has 0 heterocycles. The van der Waals surface area contributed by atoms with Crippen LogP contribution in [0.5, 0.6) is 0 Å². The Bertz CT molecular complexity index is 800. The lowest BCUT2D eigenvalue weighted by atomic mass is 10.1. The average molecular weight is 317 g/mol. The smallest absolute Gasteiger partial charge is 0.337 e. The Morgan fingerprint density at radius 3 is 2.43 bits per heavy atom. The molecule has 2 rings (SSSR count). The van der Waals surface area contributed by atoms with Crippen molar-refractivity contribution in [3.63, 3.8) is 0 Å². The van der Waals surface area contributed by atoms with Crippen LogP contribution in [0, 0.1) is 11.6 Å². The van der Waals surface area contributed by atoms with Crippen molar-refractivity contribution in [1.29, 1.82) is 0 Å². The number of amides is 1. The second-order valence-corrected chi connectivity index (χ2v) is 4.80. The summed E-state index contributed by atoms with van der Waals surface area (Å²) in [4.78, 5) is 23.0. The highest BCUT2D eigenvalue weighted by Gasteiger charge is 2.11. The van der Waals surface area contributed by atoms with Crippen molar-refractivity contribution in [3.8, 4) is 0 Å². The van der Waals surface area contributed by atoms with E-state index >= 15 is 0 Å². The van der Waals surface area contributed by atoms with E-state index in [1.54, 1.807) is 19.1 Å². The van der Waals surface area contributed by atoms with E-state index in [1.165, 1.54) is 24.3 Å². The summed E-state index contributed by atoms with van der Waals surface area (Å²) in [5.41, 5.74) is 0.874. The number of hydrogen-bond acceptors (Lipinski definition) is 2. The van der Waals surface area contributed by atoms with E-state index < -0.39 is 23.5 Å². The van der Waals surface area contributed by atoms with Crippen LogP contribution in [0.4, 0.5) is 14.5 Å². The van der Waals surface area contributed by atoms with Gasteiger partial charge >= 0.3 is 5.97 Å². The van der Waals surface area contributed by atoms with Crippen molar-refractivity contribution in [2.75, 3.05) is 5.32 Å². The number of carboxylic acid groups (broad SMARTS) is 1. The van der Waals surface area contributed by atoms with Gasteiger partial charge in [-0.25, -0.2) is 13.6 Å². The molecule has 0 aliphatic carbocycles. The Hall–Kier alpha value is -3.02. The molecule has 0 aliphatic rings. The summed E-state index contributed by atoms with van der Waals surface area (Å²) in [5, 5.41) is 11.5. The van der Waals surface area contributed by atoms with Gasteiger partial charge < -0.3 is 10.4 Å². The predicted molar refractivity (Wildman–Crippen MR) is 82.0 cm³/mol. The van der Waals surface area contributed by atoms with Gasteiger partial charge in [0.05, 0.1) is 11.3 Å². The molecule has 0 fully saturated rings. The van der Waals surface area contributed by atoms with Gasteiger partial charge in [-0.1, -0.05) is 18.2 Å². The number of hydrogen-bond donors (Lipinski definition) is 2. The molecule has 2 aromatic rings. The van der Waals surface area contributed by atoms with Gasteiger partial charge in [0.25, 0.3) is 0 Å². The van der Waals surface area contributed by atoms with Crippen LogP contribution in [0.25, 0.3) is 5.57 Å². The summed E-state index contributed by atoms with van der Waals surface area (Å²) >= 11 is 0. The van der Waals surface area contributed by atoms with E-state index in [0.717, 1.165) is 12.1 Å². The minimum absolute atomic E-state index is 0.0419. The summed E-state index contributed by atoms with van der Waals surface area (Å²) in [5.74, 6) is -3.71. The molecule has 1 amide bonds. The Kier molecular flexibility index (Phi) is 4.85. The largest absolute Gasteiger partial charge is 0.478 e. The molecule has 0 aromatic heterocycles. The van der Waals surface area contributed by atoms with E-state index in [1.807, 2.05) is 0 Å². The summed E-state index contributed by atoms with van der Waals surface area (Å²) < 4.78 is 26.1. The van der Waals surface area contributed by atoms with E-state index in [-0.39, 0.29) is 11.3 Å². The SMILES string of the molecule is C/C(=C/C(=O)Nc1ccccc1C(=O)O)c1ccc(F)c(F)c1. The van der Waals surface area contributed by atoms with Crippen molar-refractivity contribution >= 4 is 23.1 Å². The van der Waals surface area contributed by atoms with Crippen molar-refractivity contribution in [3.05, 3.63) is 71.3 Å². The number of benzene rings is 2. The summed E-state index contributed by atoms with van der Waals surface area (Å²) in [7, 11) is 0. The molecule has 2 N–H and O–H groups in total. The molecule has 0 bridgehead atoms. The third kappa shape index (κ3) is 4.00. The average Bonchev–Trinajstić information content (AvgIpc) is 2.50. The number of para-hydroxylation sites is 1. The number of halogens is 2. The molecule has 4 nitrogen and oxygen atoms in total. The molecular weight excluding hydrogens is 304 g/mol. The lowest BCUT2D eigenvalue weighted by molar-refractivity contribution is -0.111. The minimum Gasteiger partial charge on any atom is -0.478 e. The van der Waals surface area contributed by atoms with Gasteiger partial charge in [0.2, 0.25) is 5.91 Å². The van der Waals surface area contributed by atoms with E-state index in [9.17, 15) is 18.4 Å². The minimum atomic E-state index is -1.16. The highest BCUT2D eigenvalue weighted by Crippen LogP contribution is 2.18. The number of aromatic carboxylic acids is 1. The zero-order chi connectivity index (χ0) is 17.0. The van der Waals surface area contributed by atoms with Crippen LogP contribution < -0.4 is 5.32 Å². The maximum Gasteiger partial charge on any atom is 0.337 e. The van der Waals surface area contributed by atoms with Crippen molar-refractivity contribution in [1.82, 2.24) is 0 Å². The molecule has 23 heavy (non-hydrogen) atoms. The first-order valence-corrected chi connectivity index (χ1v) is 6.65. The summed E-state index contributed by atoms with van der Waals surface area (Å²) in [6.07, 6.45) is 1.19. The van der Waals surface area contributed by atoms with Gasteiger partial charge in [0.15, 0.2) is 11.6 Å². The number of anilines is 1. The van der Waals surface area contributed by atoms with Gasteiger partial charge in [0, 0.05) is 6.08 Å². The summed E-state index contributed by atoms with van der Waals surface area (Å²) in [6.45, 7) is 1.56. The van der Waals surface area contributed by atoms with Gasteiger partial charge in [-0.15, -0.1) is 0 Å². The molecule has 0 saturated heterocycles. The zero-order valence-electron chi connectivity index (χ0n) is 12.1. The summed E-state index contributed by atoms with van der Waals surface area (Å²) in [6, 6.07) is 9.27. The first-order chi connectivity index (χ1) is 10.9. The highest BCUT2D eigenvalue weighted by atomic mass is 19.2. The van der Waals surface area contributed by atoms with E-state index in [0.29, 0.717) is 11.1 Å². The van der Waals surface area contributed by atoms with Gasteiger partial charge in [-0.2, -0.15) is 0 Å². The Balaban J connectivity index is 2.21. The molecule has 0 unspecified atom stereocenters. The quantitative estimate of drug-likeness (QED) is 0.845. The Labute approximate surface area is 131 Å². The normalized spacial score (nSPS) is 11.2. The molecule has 0 aliphatic heterocycles. The fourth-order valence-electron chi connectivity index (χ4n) is 1.97. The standard InChI is InChI=1S/C17H13F2NO3/c1-10(11-6-7-13(18)14(19)9-11)8-16(21)20-15-5-3-2-4-12(15)17(22)23/h2-9H,1H3,(H,20,21)(H,22,23)/b10-8-. The zero-order valence-corrected chi connectivity index (χ0v) is 12.1. The fourth-order valence-corrected chi connectivity index (χ4v) is 1.97. The molecule has 0 saturated carbocycles. The van der Waals surface area contributed by atoms with Gasteiger partial charge in [-0.05, 0) is 42.3 Å². The first kappa shape index (κ1) is 16.4. The topological polar surface area (TPSA) is 66.4 Å². The Morgan fingerprint density at radius 1 is 1.09 bits per heavy atom. The van der Waals surface area contributed by atoms with Crippen LogP contribution in [-0.4, -0.2) is 17.0 Å². The number of carboxylic acids is 1. The third-order valence-corrected chi connectivity index (χ3v) is 3.14. The van der Waals surface area contributed by atoms with Crippen LogP contribution in [0.2, 0.25) is 0 Å². The van der Waals surface area contributed by atoms with Crippen molar-refractivity contribution in [2.45, 2.75) is 6.92 Å². The fraction of sp³-hybridized carbons (Fsp3) is 0.0588. The number of carbonyl (C=O) groups excluding carboxylic acids is 1. The lowest BCUT2D eigenvalue weighted by Crippen LogP contribution is -2.12. The van der Waals surface area contributed by atoms with Crippen LogP contribution in [0.1, 0.15) is 22.8 Å². The first-order valence-electron chi connectivity index (χ1n) is 6.65. The van der Waals surface area contributed by atoms with E-state index in [4.69, 9.17) is 5.11 Å². The molecule has 0 spiro atoms.